The number of carbonyl (C=O) groups excluding carboxylic acids is 1. The Balaban J connectivity index is 1.44. The van der Waals surface area contributed by atoms with E-state index in [0.717, 1.165) is 56.2 Å². The van der Waals surface area contributed by atoms with Crippen LogP contribution >= 0.6 is 0 Å². The fourth-order valence-corrected chi connectivity index (χ4v) is 4.03. The number of hydrogen-bond acceptors (Lipinski definition) is 6. The molecule has 0 spiro atoms. The van der Waals surface area contributed by atoms with Gasteiger partial charge in [0.05, 0.1) is 13.2 Å². The minimum Gasteiger partial charge on any atom is -0.376 e. The van der Waals surface area contributed by atoms with Crippen molar-refractivity contribution in [1.82, 2.24) is 15.3 Å². The number of anilines is 1. The van der Waals surface area contributed by atoms with E-state index in [9.17, 15) is 4.79 Å². The lowest BCUT2D eigenvalue weighted by molar-refractivity contribution is 0.0990. The van der Waals surface area contributed by atoms with E-state index in [2.05, 4.69) is 38.4 Å². The molecule has 3 N–H and O–H groups in total. The van der Waals surface area contributed by atoms with Crippen LogP contribution in [-0.4, -0.2) is 41.6 Å². The number of nitrogens with zero attached hydrogens (tertiary/aromatic N) is 3. The number of benzene rings is 1. The Bertz CT molecular complexity index is 899. The molecule has 2 aliphatic rings. The third kappa shape index (κ3) is 3.72. The molecule has 0 radical (unpaired) electrons. The first kappa shape index (κ1) is 18.8. The fourth-order valence-electron chi connectivity index (χ4n) is 4.03. The van der Waals surface area contributed by atoms with Gasteiger partial charge in [0.1, 0.15) is 5.82 Å². The van der Waals surface area contributed by atoms with Gasteiger partial charge in [0, 0.05) is 36.9 Å². The second-order valence-electron chi connectivity index (χ2n) is 7.62. The van der Waals surface area contributed by atoms with E-state index in [0.29, 0.717) is 12.6 Å². The minimum atomic E-state index is -0.589. The van der Waals surface area contributed by atoms with Crippen molar-refractivity contribution in [2.24, 2.45) is 5.73 Å². The van der Waals surface area contributed by atoms with Crippen LogP contribution in [0.4, 0.5) is 5.82 Å². The summed E-state index contributed by atoms with van der Waals surface area (Å²) >= 11 is 0. The van der Waals surface area contributed by atoms with Crippen LogP contribution in [0.15, 0.2) is 18.2 Å². The molecule has 1 fully saturated rings. The molecule has 1 amide bonds. The summed E-state index contributed by atoms with van der Waals surface area (Å²) in [5.74, 6) is 0.316. The molecule has 4 rings (SSSR count). The number of aryl methyl sites for hydroxylation is 1. The zero-order chi connectivity index (χ0) is 19.7. The first-order valence-electron chi connectivity index (χ1n) is 9.83. The fraction of sp³-hybridized carbons (Fsp3) is 0.476. The molecule has 1 saturated heterocycles. The first-order valence-corrected chi connectivity index (χ1v) is 9.83. The van der Waals surface area contributed by atoms with Crippen molar-refractivity contribution in [3.05, 3.63) is 52.0 Å². The SMILES string of the molecule is Cc1nc(C(N)=O)nc(N2CC[C@@H](NCc3cccc4c3COCC4)C2)c1C. The van der Waals surface area contributed by atoms with Crippen molar-refractivity contribution in [2.75, 3.05) is 24.6 Å². The molecule has 148 valence electrons. The van der Waals surface area contributed by atoms with E-state index < -0.39 is 5.91 Å². The number of fused-ring (bicyclic) bond motifs is 1. The average Bonchev–Trinajstić information content (AvgIpc) is 3.17. The summed E-state index contributed by atoms with van der Waals surface area (Å²) in [5, 5.41) is 3.69. The maximum atomic E-state index is 11.5. The van der Waals surface area contributed by atoms with Gasteiger partial charge >= 0.3 is 0 Å². The third-order valence-electron chi connectivity index (χ3n) is 5.79. The number of carbonyl (C=O) groups is 1. The van der Waals surface area contributed by atoms with E-state index in [-0.39, 0.29) is 5.82 Å². The van der Waals surface area contributed by atoms with Gasteiger partial charge in [-0.15, -0.1) is 0 Å². The van der Waals surface area contributed by atoms with Gasteiger partial charge in [-0.3, -0.25) is 4.79 Å². The summed E-state index contributed by atoms with van der Waals surface area (Å²) in [6.07, 6.45) is 2.02. The highest BCUT2D eigenvalue weighted by atomic mass is 16.5. The van der Waals surface area contributed by atoms with Crippen LogP contribution < -0.4 is 16.0 Å². The summed E-state index contributed by atoms with van der Waals surface area (Å²) in [6.45, 7) is 7.97. The Hall–Kier alpha value is -2.51. The monoisotopic (exact) mass is 381 g/mol. The van der Waals surface area contributed by atoms with Gasteiger partial charge < -0.3 is 20.7 Å². The lowest BCUT2D eigenvalue weighted by Crippen LogP contribution is -2.33. The molecule has 3 heterocycles. The number of hydrogen-bond donors (Lipinski definition) is 2. The van der Waals surface area contributed by atoms with Crippen LogP contribution in [0.5, 0.6) is 0 Å². The lowest BCUT2D eigenvalue weighted by Gasteiger charge is -2.22. The predicted octanol–water partition coefficient (Wildman–Crippen LogP) is 1.63. The maximum absolute atomic E-state index is 11.5. The van der Waals surface area contributed by atoms with E-state index in [1.54, 1.807) is 0 Å². The Kier molecular flexibility index (Phi) is 5.28. The van der Waals surface area contributed by atoms with Crippen molar-refractivity contribution < 1.29 is 9.53 Å². The Labute approximate surface area is 165 Å². The number of nitrogens with two attached hydrogens (primary N) is 1. The normalized spacial score (nSPS) is 18.9. The summed E-state index contributed by atoms with van der Waals surface area (Å²) < 4.78 is 5.65. The van der Waals surface area contributed by atoms with Gasteiger partial charge in [0.25, 0.3) is 5.91 Å². The van der Waals surface area contributed by atoms with Crippen LogP contribution in [-0.2, 0) is 24.3 Å². The van der Waals surface area contributed by atoms with Crippen LogP contribution in [0.3, 0.4) is 0 Å². The molecule has 2 aliphatic heterocycles. The van der Waals surface area contributed by atoms with Crippen molar-refractivity contribution in [3.8, 4) is 0 Å². The van der Waals surface area contributed by atoms with E-state index >= 15 is 0 Å². The van der Waals surface area contributed by atoms with Gasteiger partial charge in [0.2, 0.25) is 5.82 Å². The number of rotatable bonds is 5. The molecular weight excluding hydrogens is 354 g/mol. The molecule has 0 saturated carbocycles. The highest BCUT2D eigenvalue weighted by Gasteiger charge is 2.26. The van der Waals surface area contributed by atoms with Crippen LogP contribution in [0.1, 0.15) is 45.0 Å². The van der Waals surface area contributed by atoms with Gasteiger partial charge in [-0.2, -0.15) is 0 Å². The standard InChI is InChI=1S/C21H27N5O2/c1-13-14(2)24-20(19(22)27)25-21(13)26-8-6-17(11-26)23-10-16-5-3-4-15-7-9-28-12-18(15)16/h3-5,17,23H,6-12H2,1-2H3,(H2,22,27)/t17-/m1/s1. The average molecular weight is 381 g/mol. The summed E-state index contributed by atoms with van der Waals surface area (Å²) in [5.41, 5.74) is 11.3. The number of aromatic nitrogens is 2. The highest BCUT2D eigenvalue weighted by molar-refractivity contribution is 5.89. The lowest BCUT2D eigenvalue weighted by atomic mass is 9.97. The second kappa shape index (κ2) is 7.85. The van der Waals surface area contributed by atoms with E-state index in [4.69, 9.17) is 10.5 Å². The Morgan fingerprint density at radius 3 is 3.04 bits per heavy atom. The summed E-state index contributed by atoms with van der Waals surface area (Å²) in [7, 11) is 0. The molecule has 7 nitrogen and oxygen atoms in total. The zero-order valence-electron chi connectivity index (χ0n) is 16.5. The molecule has 28 heavy (non-hydrogen) atoms. The molecule has 0 bridgehead atoms. The largest absolute Gasteiger partial charge is 0.376 e. The highest BCUT2D eigenvalue weighted by Crippen LogP contribution is 2.25. The number of nitrogens with one attached hydrogen (secondary N) is 1. The van der Waals surface area contributed by atoms with E-state index in [1.807, 2.05) is 13.8 Å². The summed E-state index contributed by atoms with van der Waals surface area (Å²) in [4.78, 5) is 22.4. The third-order valence-corrected chi connectivity index (χ3v) is 5.79. The molecular formula is C21H27N5O2. The maximum Gasteiger partial charge on any atom is 0.286 e. The number of primary amides is 1. The molecule has 7 heteroatoms. The topological polar surface area (TPSA) is 93.4 Å². The number of amides is 1. The van der Waals surface area contributed by atoms with Crippen LogP contribution in [0.2, 0.25) is 0 Å². The van der Waals surface area contributed by atoms with Gasteiger partial charge in [-0.05, 0) is 43.4 Å². The van der Waals surface area contributed by atoms with Crippen molar-refractivity contribution >= 4 is 11.7 Å². The molecule has 2 aromatic rings. The molecule has 0 aliphatic carbocycles. The minimum absolute atomic E-state index is 0.0884. The quantitative estimate of drug-likeness (QED) is 0.818. The van der Waals surface area contributed by atoms with Crippen LogP contribution in [0, 0.1) is 13.8 Å². The van der Waals surface area contributed by atoms with Crippen LogP contribution in [0.25, 0.3) is 0 Å². The Morgan fingerprint density at radius 2 is 2.21 bits per heavy atom. The molecule has 1 aromatic carbocycles. The van der Waals surface area contributed by atoms with Gasteiger partial charge in [-0.1, -0.05) is 18.2 Å². The molecule has 1 atom stereocenters. The van der Waals surface area contributed by atoms with Gasteiger partial charge in [0.15, 0.2) is 0 Å². The summed E-state index contributed by atoms with van der Waals surface area (Å²) in [6, 6.07) is 6.90. The smallest absolute Gasteiger partial charge is 0.286 e. The van der Waals surface area contributed by atoms with E-state index in [1.165, 1.54) is 16.7 Å². The number of ether oxygens (including phenoxy) is 1. The second-order valence-corrected chi connectivity index (χ2v) is 7.62. The predicted molar refractivity (Wildman–Crippen MR) is 107 cm³/mol. The van der Waals surface area contributed by atoms with Crippen molar-refractivity contribution in [3.63, 3.8) is 0 Å². The molecule has 0 unspecified atom stereocenters. The zero-order valence-corrected chi connectivity index (χ0v) is 16.5. The van der Waals surface area contributed by atoms with Gasteiger partial charge in [-0.25, -0.2) is 9.97 Å². The Morgan fingerprint density at radius 1 is 1.36 bits per heavy atom. The molecule has 1 aromatic heterocycles. The van der Waals surface area contributed by atoms with Crippen molar-refractivity contribution in [1.29, 1.82) is 0 Å². The first-order chi connectivity index (χ1) is 13.5. The van der Waals surface area contributed by atoms with Crippen molar-refractivity contribution in [2.45, 2.75) is 45.9 Å².